The number of aromatic nitrogens is 3. The van der Waals surface area contributed by atoms with Crippen molar-refractivity contribution in [2.24, 2.45) is 0 Å². The molecule has 36 heavy (non-hydrogen) atoms. The molecule has 4 aromatic rings. The van der Waals surface area contributed by atoms with E-state index in [9.17, 15) is 4.79 Å². The van der Waals surface area contributed by atoms with E-state index in [-0.39, 0.29) is 12.5 Å². The molecule has 8 nitrogen and oxygen atoms in total. The number of carbonyl (C=O) groups is 1. The molecular formula is C26H24ClN5O3S. The van der Waals surface area contributed by atoms with Crippen LogP contribution in [0.2, 0.25) is 5.02 Å². The third-order valence-corrected chi connectivity index (χ3v) is 6.12. The molecule has 2 N–H and O–H groups in total. The van der Waals surface area contributed by atoms with E-state index in [4.69, 9.17) is 21.1 Å². The zero-order valence-electron chi connectivity index (χ0n) is 19.9. The Morgan fingerprint density at radius 2 is 1.92 bits per heavy atom. The molecular weight excluding hydrogens is 498 g/mol. The Morgan fingerprint density at radius 3 is 2.67 bits per heavy atom. The number of nitrogens with one attached hydrogen (secondary N) is 2. The van der Waals surface area contributed by atoms with E-state index in [0.717, 1.165) is 16.9 Å². The number of pyridine rings is 1. The molecule has 0 fully saturated rings. The molecule has 0 unspecified atom stereocenters. The number of halogens is 1. The lowest BCUT2D eigenvalue weighted by atomic mass is 9.98. The first kappa shape index (κ1) is 25.2. The molecule has 0 spiro atoms. The van der Waals surface area contributed by atoms with Gasteiger partial charge in [0.1, 0.15) is 18.1 Å². The molecule has 2 aromatic carbocycles. The van der Waals surface area contributed by atoms with Gasteiger partial charge in [-0.1, -0.05) is 29.0 Å². The summed E-state index contributed by atoms with van der Waals surface area (Å²) in [4.78, 5) is 17.6. The average molecular weight is 522 g/mol. The number of benzene rings is 2. The number of rotatable bonds is 9. The van der Waals surface area contributed by atoms with Gasteiger partial charge in [0, 0.05) is 33.7 Å². The van der Waals surface area contributed by atoms with Crippen molar-refractivity contribution in [3.63, 3.8) is 0 Å². The second-order valence-electron chi connectivity index (χ2n) is 7.63. The number of hydrogen-bond donors (Lipinski definition) is 2. The van der Waals surface area contributed by atoms with Crippen LogP contribution in [0, 0.1) is 6.92 Å². The molecule has 0 radical (unpaired) electrons. The summed E-state index contributed by atoms with van der Waals surface area (Å²) in [5.41, 5.74) is 3.47. The second kappa shape index (κ2) is 11.7. The van der Waals surface area contributed by atoms with Crippen LogP contribution in [0.1, 0.15) is 28.0 Å². The maximum absolute atomic E-state index is 13.3. The van der Waals surface area contributed by atoms with E-state index < -0.39 is 0 Å². The number of carbonyl (C=O) groups excluding carboxylic acids is 1. The van der Waals surface area contributed by atoms with Crippen molar-refractivity contribution in [2.75, 3.05) is 17.7 Å². The fourth-order valence-electron chi connectivity index (χ4n) is 3.35. The molecule has 2 heterocycles. The van der Waals surface area contributed by atoms with Crippen molar-refractivity contribution in [3.8, 4) is 22.6 Å². The highest BCUT2D eigenvalue weighted by Crippen LogP contribution is 2.35. The third kappa shape index (κ3) is 6.18. The van der Waals surface area contributed by atoms with Gasteiger partial charge in [-0.05, 0) is 68.6 Å². The van der Waals surface area contributed by atoms with E-state index in [1.807, 2.05) is 50.4 Å². The van der Waals surface area contributed by atoms with Crippen molar-refractivity contribution < 1.29 is 14.3 Å². The number of anilines is 2. The molecule has 0 aliphatic carbocycles. The van der Waals surface area contributed by atoms with Crippen LogP contribution in [-0.4, -0.2) is 28.2 Å². The van der Waals surface area contributed by atoms with Gasteiger partial charge >= 0.3 is 0 Å². The van der Waals surface area contributed by atoms with Crippen LogP contribution in [0.5, 0.6) is 11.5 Å². The van der Waals surface area contributed by atoms with E-state index >= 15 is 0 Å². The summed E-state index contributed by atoms with van der Waals surface area (Å²) >= 11 is 7.14. The van der Waals surface area contributed by atoms with Gasteiger partial charge in [-0.15, -0.1) is 10.2 Å². The predicted octanol–water partition coefficient (Wildman–Crippen LogP) is 6.35. The molecule has 0 bridgehead atoms. The fraction of sp³-hybridized carbons (Fsp3) is 0.154. The zero-order chi connectivity index (χ0) is 25.5. The first-order chi connectivity index (χ1) is 17.5. The van der Waals surface area contributed by atoms with Crippen LogP contribution in [0.4, 0.5) is 10.8 Å². The van der Waals surface area contributed by atoms with Gasteiger partial charge in [0.05, 0.1) is 12.7 Å². The summed E-state index contributed by atoms with van der Waals surface area (Å²) in [6, 6.07) is 14.6. The van der Waals surface area contributed by atoms with Crippen LogP contribution in [0.15, 0.2) is 67.0 Å². The lowest BCUT2D eigenvalue weighted by Gasteiger charge is -2.15. The van der Waals surface area contributed by atoms with Gasteiger partial charge in [-0.3, -0.25) is 15.1 Å². The molecule has 0 saturated carbocycles. The molecule has 1 amide bonds. The summed E-state index contributed by atoms with van der Waals surface area (Å²) in [6.45, 7) is 4.02. The zero-order valence-corrected chi connectivity index (χ0v) is 21.5. The molecule has 184 valence electrons. The summed E-state index contributed by atoms with van der Waals surface area (Å²) in [7, 11) is 1.60. The first-order valence-corrected chi connectivity index (χ1v) is 12.2. The minimum Gasteiger partial charge on any atom is -0.496 e. The molecule has 0 aliphatic heterocycles. The smallest absolute Gasteiger partial charge is 0.259 e. The number of nitrogens with zero attached hydrogens (tertiary/aromatic N) is 3. The molecule has 4 rings (SSSR count). The van der Waals surface area contributed by atoms with Crippen LogP contribution in [0.25, 0.3) is 11.1 Å². The van der Waals surface area contributed by atoms with Gasteiger partial charge in [0.25, 0.3) is 5.91 Å². The first-order valence-electron chi connectivity index (χ1n) is 11.0. The maximum atomic E-state index is 13.3. The summed E-state index contributed by atoms with van der Waals surface area (Å²) < 4.78 is 11.3. The Kier molecular flexibility index (Phi) is 8.14. The molecule has 2 aromatic heterocycles. The normalized spacial score (nSPS) is 10.9. The fourth-order valence-corrected chi connectivity index (χ4v) is 4.13. The third-order valence-electron chi connectivity index (χ3n) is 5.05. The van der Waals surface area contributed by atoms with E-state index in [1.54, 1.807) is 37.6 Å². The van der Waals surface area contributed by atoms with E-state index in [1.165, 1.54) is 11.3 Å². The Morgan fingerprint density at radius 1 is 1.11 bits per heavy atom. The topological polar surface area (TPSA) is 98.3 Å². The summed E-state index contributed by atoms with van der Waals surface area (Å²) in [5.74, 6) is 0.946. The Balaban J connectivity index is 1.55. The van der Waals surface area contributed by atoms with Gasteiger partial charge in [-0.25, -0.2) is 0 Å². The second-order valence-corrected chi connectivity index (χ2v) is 9.13. The highest BCUT2D eigenvalue weighted by atomic mass is 35.5. The number of amides is 1. The molecule has 0 aliphatic rings. The quantitative estimate of drug-likeness (QED) is 0.265. The molecule has 0 saturated heterocycles. The average Bonchev–Trinajstić information content (AvgIpc) is 3.34. The van der Waals surface area contributed by atoms with Crippen molar-refractivity contribution in [3.05, 3.63) is 88.3 Å². The number of ether oxygens (including phenoxy) is 2. The van der Waals surface area contributed by atoms with Crippen molar-refractivity contribution >= 4 is 39.7 Å². The highest BCUT2D eigenvalue weighted by molar-refractivity contribution is 7.15. The lowest BCUT2D eigenvalue weighted by Crippen LogP contribution is -2.14. The summed E-state index contributed by atoms with van der Waals surface area (Å²) in [6.07, 6.45) is 5.29. The lowest BCUT2D eigenvalue weighted by molar-refractivity contribution is 0.102. The van der Waals surface area contributed by atoms with Crippen LogP contribution < -0.4 is 20.1 Å². The van der Waals surface area contributed by atoms with Crippen molar-refractivity contribution in [2.45, 2.75) is 20.5 Å². The SMILES string of the molecule is C/C=C\Nc1ccc(OC)c(-c2cc(C)ncc2C(=O)Nc2nnc(COc3ccc(Cl)cc3)s2)c1. The highest BCUT2D eigenvalue weighted by Gasteiger charge is 2.19. The minimum absolute atomic E-state index is 0.218. The molecule has 0 atom stereocenters. The minimum atomic E-state index is -0.354. The number of hydrogen-bond acceptors (Lipinski definition) is 8. The van der Waals surface area contributed by atoms with Crippen LogP contribution in [-0.2, 0) is 6.61 Å². The Bertz CT molecular complexity index is 1390. The standard InChI is InChI=1S/C26H24ClN5O3S/c1-4-11-28-18-7-10-23(34-3)21(13-18)20-12-16(2)29-14-22(20)25(33)30-26-32-31-24(36-26)15-35-19-8-5-17(27)6-9-19/h4-14,28H,15H2,1-3H3,(H,30,32,33)/b11-4-. The predicted molar refractivity (Wildman–Crippen MR) is 143 cm³/mol. The van der Waals surface area contributed by atoms with Gasteiger partial charge in [-0.2, -0.15) is 0 Å². The van der Waals surface area contributed by atoms with Crippen molar-refractivity contribution in [1.82, 2.24) is 15.2 Å². The van der Waals surface area contributed by atoms with E-state index in [0.29, 0.717) is 37.8 Å². The van der Waals surface area contributed by atoms with Gasteiger partial charge < -0.3 is 14.8 Å². The van der Waals surface area contributed by atoms with Gasteiger partial charge in [0.2, 0.25) is 5.13 Å². The number of aryl methyl sites for hydroxylation is 1. The Hall–Kier alpha value is -3.95. The monoisotopic (exact) mass is 521 g/mol. The Labute approximate surface area is 218 Å². The van der Waals surface area contributed by atoms with Gasteiger partial charge in [0.15, 0.2) is 5.01 Å². The largest absolute Gasteiger partial charge is 0.496 e. The maximum Gasteiger partial charge on any atom is 0.259 e. The molecule has 10 heteroatoms. The number of allylic oxidation sites excluding steroid dienone is 1. The summed E-state index contributed by atoms with van der Waals surface area (Å²) in [5, 5.41) is 15.8. The van der Waals surface area contributed by atoms with Crippen molar-refractivity contribution in [1.29, 1.82) is 0 Å². The van der Waals surface area contributed by atoms with Crippen LogP contribution in [0.3, 0.4) is 0 Å². The number of methoxy groups -OCH3 is 1. The van der Waals surface area contributed by atoms with E-state index in [2.05, 4.69) is 25.8 Å². The van der Waals surface area contributed by atoms with Crippen LogP contribution >= 0.6 is 22.9 Å².